The van der Waals surface area contributed by atoms with Gasteiger partial charge in [-0.15, -0.1) is 0 Å². The van der Waals surface area contributed by atoms with E-state index in [1.54, 1.807) is 11.7 Å². The molecular weight excluding hydrogens is 272 g/mol. The topological polar surface area (TPSA) is 43.8 Å². The molecule has 0 radical (unpaired) electrons. The van der Waals surface area contributed by atoms with Gasteiger partial charge in [0.05, 0.1) is 5.69 Å². The van der Waals surface area contributed by atoms with Crippen molar-refractivity contribution in [3.8, 4) is 11.1 Å². The van der Waals surface area contributed by atoms with Crippen molar-refractivity contribution in [1.29, 1.82) is 0 Å². The van der Waals surface area contributed by atoms with Crippen LogP contribution < -0.4 is 5.73 Å². The summed E-state index contributed by atoms with van der Waals surface area (Å²) in [5.74, 6) is 1.28. The van der Waals surface area contributed by atoms with Gasteiger partial charge in [-0.1, -0.05) is 0 Å². The Morgan fingerprint density at radius 2 is 1.71 bits per heavy atom. The number of fused-ring (bicyclic) bond motifs is 1. The number of hydrogen-bond donors (Lipinski definition) is 1. The lowest BCUT2D eigenvalue weighted by Gasteiger charge is -2.12. The zero-order valence-corrected chi connectivity index (χ0v) is 11.8. The van der Waals surface area contributed by atoms with Crippen LogP contribution in [0.4, 0.5) is 14.6 Å². The Morgan fingerprint density at radius 1 is 1.10 bits per heavy atom. The van der Waals surface area contributed by atoms with Crippen molar-refractivity contribution < 1.29 is 8.78 Å². The van der Waals surface area contributed by atoms with Crippen molar-refractivity contribution in [2.45, 2.75) is 25.2 Å². The molecule has 0 amide bonds. The molecule has 0 aliphatic heterocycles. The molecule has 2 aliphatic carbocycles. The lowest BCUT2D eigenvalue weighted by molar-refractivity contribution is 0.583. The molecule has 1 aromatic carbocycles. The van der Waals surface area contributed by atoms with Crippen molar-refractivity contribution in [1.82, 2.24) is 9.78 Å². The second kappa shape index (κ2) is 4.29. The van der Waals surface area contributed by atoms with Crippen LogP contribution >= 0.6 is 0 Å². The van der Waals surface area contributed by atoms with Crippen LogP contribution in [0.25, 0.3) is 11.1 Å². The monoisotopic (exact) mass is 289 g/mol. The van der Waals surface area contributed by atoms with Crippen LogP contribution in [0.5, 0.6) is 0 Å². The zero-order valence-electron chi connectivity index (χ0n) is 11.8. The van der Waals surface area contributed by atoms with Gasteiger partial charge in [-0.3, -0.25) is 4.68 Å². The quantitative estimate of drug-likeness (QED) is 0.920. The second-order valence-corrected chi connectivity index (χ2v) is 6.35. The largest absolute Gasteiger partial charge is 0.383 e. The number of nitrogen functional groups attached to an aromatic ring is 1. The first-order chi connectivity index (χ1) is 10.0. The van der Waals surface area contributed by atoms with Gasteiger partial charge in [0.1, 0.15) is 17.5 Å². The molecular formula is C16H17F2N3. The van der Waals surface area contributed by atoms with Gasteiger partial charge in [0.15, 0.2) is 0 Å². The van der Waals surface area contributed by atoms with Gasteiger partial charge in [-0.05, 0) is 48.8 Å². The predicted octanol–water partition coefficient (Wildman–Crippen LogP) is 3.46. The van der Waals surface area contributed by atoms with Gasteiger partial charge >= 0.3 is 0 Å². The molecule has 2 aromatic rings. The maximum atomic E-state index is 13.5. The van der Waals surface area contributed by atoms with E-state index in [4.69, 9.17) is 5.73 Å². The Balaban J connectivity index is 1.83. The Kier molecular flexibility index (Phi) is 2.62. The Labute approximate surface area is 121 Å². The van der Waals surface area contributed by atoms with E-state index in [-0.39, 0.29) is 0 Å². The Morgan fingerprint density at radius 3 is 2.33 bits per heavy atom. The van der Waals surface area contributed by atoms with Gasteiger partial charge < -0.3 is 5.73 Å². The summed E-state index contributed by atoms with van der Waals surface area (Å²) in [6.07, 6.45) is 3.56. The van der Waals surface area contributed by atoms with Gasteiger partial charge in [0.25, 0.3) is 0 Å². The van der Waals surface area contributed by atoms with Crippen LogP contribution in [0.1, 0.15) is 30.9 Å². The minimum Gasteiger partial charge on any atom is -0.383 e. The maximum absolute atomic E-state index is 13.5. The Hall–Kier alpha value is -1.91. The third kappa shape index (κ3) is 2.03. The molecule has 3 nitrogen and oxygen atoms in total. The number of anilines is 1. The first-order valence-corrected chi connectivity index (χ1v) is 7.31. The summed E-state index contributed by atoms with van der Waals surface area (Å²) in [7, 11) is 1.77. The van der Waals surface area contributed by atoms with Gasteiger partial charge in [-0.2, -0.15) is 5.10 Å². The van der Waals surface area contributed by atoms with Crippen LogP contribution in [0.3, 0.4) is 0 Å². The number of rotatable bonds is 2. The van der Waals surface area contributed by atoms with Gasteiger partial charge in [0.2, 0.25) is 0 Å². The van der Waals surface area contributed by atoms with E-state index in [2.05, 4.69) is 5.10 Å². The normalized spacial score (nSPS) is 26.9. The average Bonchev–Trinajstić information content (AvgIpc) is 2.89. The van der Waals surface area contributed by atoms with Crippen LogP contribution in [-0.2, 0) is 7.05 Å². The third-order valence-corrected chi connectivity index (χ3v) is 4.90. The van der Waals surface area contributed by atoms with Crippen LogP contribution in [0, 0.1) is 23.5 Å². The fourth-order valence-electron chi connectivity index (χ4n) is 3.78. The van der Waals surface area contributed by atoms with Crippen molar-refractivity contribution in [3.63, 3.8) is 0 Å². The molecule has 2 N–H and O–H groups in total. The van der Waals surface area contributed by atoms with E-state index in [0.717, 1.165) is 36.4 Å². The molecule has 2 unspecified atom stereocenters. The summed E-state index contributed by atoms with van der Waals surface area (Å²) in [6.45, 7) is 0. The lowest BCUT2D eigenvalue weighted by atomic mass is 9.93. The Bertz CT molecular complexity index is 692. The van der Waals surface area contributed by atoms with Crippen molar-refractivity contribution >= 4 is 5.82 Å². The molecule has 2 saturated carbocycles. The highest BCUT2D eigenvalue weighted by Gasteiger charge is 2.47. The summed E-state index contributed by atoms with van der Waals surface area (Å²) in [6, 6.07) is 3.53. The van der Waals surface area contributed by atoms with Crippen LogP contribution in [0.2, 0.25) is 0 Å². The third-order valence-electron chi connectivity index (χ3n) is 4.90. The SMILES string of the molecule is Cn1nc(C2CC3CC3C2)c(-c2cc(F)cc(F)c2)c1N. The summed E-state index contributed by atoms with van der Waals surface area (Å²) in [5.41, 5.74) is 8.18. The highest BCUT2D eigenvalue weighted by atomic mass is 19.1. The van der Waals surface area contributed by atoms with Crippen LogP contribution in [0.15, 0.2) is 18.2 Å². The number of aryl methyl sites for hydroxylation is 1. The molecule has 1 heterocycles. The average molecular weight is 289 g/mol. The maximum Gasteiger partial charge on any atom is 0.129 e. The summed E-state index contributed by atoms with van der Waals surface area (Å²) in [4.78, 5) is 0. The number of hydrogen-bond acceptors (Lipinski definition) is 2. The molecule has 0 spiro atoms. The first-order valence-electron chi connectivity index (χ1n) is 7.31. The number of benzene rings is 1. The van der Waals surface area contributed by atoms with Crippen LogP contribution in [-0.4, -0.2) is 9.78 Å². The minimum atomic E-state index is -0.589. The standard InChI is InChI=1S/C16H17F2N3/c1-21-16(19)14(10-5-12(17)7-13(18)6-10)15(20-21)11-3-8-2-9(8)4-11/h5-9,11H,2-4,19H2,1H3. The molecule has 110 valence electrons. The molecule has 21 heavy (non-hydrogen) atoms. The van der Waals surface area contributed by atoms with E-state index < -0.39 is 11.6 Å². The zero-order chi connectivity index (χ0) is 14.7. The minimum absolute atomic E-state index is 0.360. The summed E-state index contributed by atoms with van der Waals surface area (Å²) < 4.78 is 28.7. The molecule has 0 bridgehead atoms. The summed E-state index contributed by atoms with van der Waals surface area (Å²) in [5, 5.41) is 4.53. The molecule has 2 fully saturated rings. The van der Waals surface area contributed by atoms with E-state index in [1.165, 1.54) is 18.6 Å². The highest BCUT2D eigenvalue weighted by molar-refractivity contribution is 5.77. The fourth-order valence-corrected chi connectivity index (χ4v) is 3.78. The number of nitrogens with zero attached hydrogens (tertiary/aromatic N) is 2. The predicted molar refractivity (Wildman–Crippen MR) is 76.5 cm³/mol. The van der Waals surface area contributed by atoms with E-state index in [0.29, 0.717) is 22.9 Å². The lowest BCUT2D eigenvalue weighted by Crippen LogP contribution is -2.00. The summed E-state index contributed by atoms with van der Waals surface area (Å²) >= 11 is 0. The van der Waals surface area contributed by atoms with Crippen molar-refractivity contribution in [2.75, 3.05) is 5.73 Å². The van der Waals surface area contributed by atoms with E-state index in [1.807, 2.05) is 0 Å². The second-order valence-electron chi connectivity index (χ2n) is 6.35. The molecule has 2 atom stereocenters. The number of nitrogens with two attached hydrogens (primary N) is 1. The molecule has 1 aromatic heterocycles. The fraction of sp³-hybridized carbons (Fsp3) is 0.438. The molecule has 2 aliphatic rings. The van der Waals surface area contributed by atoms with E-state index in [9.17, 15) is 8.78 Å². The molecule has 0 saturated heterocycles. The number of aromatic nitrogens is 2. The highest BCUT2D eigenvalue weighted by Crippen LogP contribution is 2.58. The van der Waals surface area contributed by atoms with Gasteiger partial charge in [-0.25, -0.2) is 8.78 Å². The molecule has 4 rings (SSSR count). The smallest absolute Gasteiger partial charge is 0.129 e. The number of halogens is 2. The first kappa shape index (κ1) is 12.8. The molecule has 5 heteroatoms. The van der Waals surface area contributed by atoms with E-state index >= 15 is 0 Å². The van der Waals surface area contributed by atoms with Gasteiger partial charge in [0, 0.05) is 24.6 Å². The van der Waals surface area contributed by atoms with Crippen molar-refractivity contribution in [2.24, 2.45) is 18.9 Å². The van der Waals surface area contributed by atoms with Crippen molar-refractivity contribution in [3.05, 3.63) is 35.5 Å².